The van der Waals surface area contributed by atoms with Crippen LogP contribution >= 0.6 is 0 Å². The van der Waals surface area contributed by atoms with Crippen LogP contribution in [0.4, 0.5) is 8.78 Å². The lowest BCUT2D eigenvalue weighted by molar-refractivity contribution is -0.145. The molecule has 1 N–H and O–H groups in total. The Morgan fingerprint density at radius 3 is 2.79 bits per heavy atom. The number of carbonyl (C=O) groups is 1. The van der Waals surface area contributed by atoms with Crippen LogP contribution in [0.1, 0.15) is 31.7 Å². The van der Waals surface area contributed by atoms with E-state index in [1.807, 2.05) is 0 Å². The minimum atomic E-state index is -0.825. The van der Waals surface area contributed by atoms with Gasteiger partial charge in [0.05, 0.1) is 5.92 Å². The molecule has 0 spiro atoms. The summed E-state index contributed by atoms with van der Waals surface area (Å²) in [7, 11) is 0. The molecule has 19 heavy (non-hydrogen) atoms. The fourth-order valence-corrected chi connectivity index (χ4v) is 3.03. The van der Waals surface area contributed by atoms with Crippen molar-refractivity contribution in [1.29, 1.82) is 0 Å². The molecule has 1 aromatic rings. The molecule has 2 nitrogen and oxygen atoms in total. The Bertz CT molecular complexity index is 473. The van der Waals surface area contributed by atoms with E-state index in [4.69, 9.17) is 0 Å². The van der Waals surface area contributed by atoms with E-state index in [2.05, 4.69) is 6.92 Å². The Kier molecular flexibility index (Phi) is 4.17. The first kappa shape index (κ1) is 14.0. The third kappa shape index (κ3) is 3.31. The van der Waals surface area contributed by atoms with Crippen LogP contribution in [0.2, 0.25) is 0 Å². The third-order valence-electron chi connectivity index (χ3n) is 4.05. The van der Waals surface area contributed by atoms with E-state index >= 15 is 0 Å². The lowest BCUT2D eigenvalue weighted by Gasteiger charge is -2.32. The van der Waals surface area contributed by atoms with Gasteiger partial charge >= 0.3 is 5.97 Å². The summed E-state index contributed by atoms with van der Waals surface area (Å²) in [5, 5.41) is 9.23. The van der Waals surface area contributed by atoms with Gasteiger partial charge in [-0.05, 0) is 61.3 Å². The van der Waals surface area contributed by atoms with Crippen molar-refractivity contribution in [2.24, 2.45) is 17.8 Å². The number of carboxylic acid groups (broad SMARTS) is 1. The Labute approximate surface area is 111 Å². The van der Waals surface area contributed by atoms with E-state index in [-0.39, 0.29) is 11.5 Å². The van der Waals surface area contributed by atoms with Crippen LogP contribution in [-0.4, -0.2) is 11.1 Å². The Morgan fingerprint density at radius 1 is 1.37 bits per heavy atom. The fourth-order valence-electron chi connectivity index (χ4n) is 3.03. The fraction of sp³-hybridized carbons (Fsp3) is 0.533. The van der Waals surface area contributed by atoms with Crippen molar-refractivity contribution in [1.82, 2.24) is 0 Å². The van der Waals surface area contributed by atoms with Gasteiger partial charge in [-0.25, -0.2) is 8.78 Å². The molecule has 3 atom stereocenters. The minimum absolute atomic E-state index is 0.113. The van der Waals surface area contributed by atoms with Crippen molar-refractivity contribution in [3.63, 3.8) is 0 Å². The molecule has 0 bridgehead atoms. The summed E-state index contributed by atoms with van der Waals surface area (Å²) < 4.78 is 26.8. The molecule has 0 radical (unpaired) electrons. The van der Waals surface area contributed by atoms with Crippen molar-refractivity contribution in [2.75, 3.05) is 0 Å². The number of hydrogen-bond donors (Lipinski definition) is 1. The monoisotopic (exact) mass is 268 g/mol. The maximum Gasteiger partial charge on any atom is 0.306 e. The van der Waals surface area contributed by atoms with Crippen LogP contribution in [0.5, 0.6) is 0 Å². The van der Waals surface area contributed by atoms with Crippen LogP contribution in [-0.2, 0) is 11.2 Å². The van der Waals surface area contributed by atoms with Gasteiger partial charge in [-0.2, -0.15) is 0 Å². The third-order valence-corrected chi connectivity index (χ3v) is 4.05. The quantitative estimate of drug-likeness (QED) is 0.908. The summed E-state index contributed by atoms with van der Waals surface area (Å²) in [6, 6.07) is 3.36. The van der Waals surface area contributed by atoms with Gasteiger partial charge in [-0.15, -0.1) is 0 Å². The first-order valence-electron chi connectivity index (χ1n) is 6.64. The molecule has 2 rings (SSSR count). The van der Waals surface area contributed by atoms with E-state index < -0.39 is 23.5 Å². The molecule has 1 aromatic carbocycles. The molecule has 0 amide bonds. The molecule has 1 saturated carbocycles. The zero-order valence-electron chi connectivity index (χ0n) is 10.9. The largest absolute Gasteiger partial charge is 0.481 e. The van der Waals surface area contributed by atoms with Gasteiger partial charge in [0.1, 0.15) is 11.6 Å². The lowest BCUT2D eigenvalue weighted by Crippen LogP contribution is -2.31. The Hall–Kier alpha value is -1.45. The summed E-state index contributed by atoms with van der Waals surface area (Å²) in [6.45, 7) is 2.08. The molecule has 3 unspecified atom stereocenters. The topological polar surface area (TPSA) is 37.3 Å². The predicted molar refractivity (Wildman–Crippen MR) is 67.7 cm³/mol. The molecular weight excluding hydrogens is 250 g/mol. The van der Waals surface area contributed by atoms with Crippen molar-refractivity contribution >= 4 is 5.97 Å². The van der Waals surface area contributed by atoms with E-state index in [9.17, 15) is 18.7 Å². The molecule has 0 aromatic heterocycles. The summed E-state index contributed by atoms with van der Waals surface area (Å²) in [5.41, 5.74) is 0.283. The van der Waals surface area contributed by atoms with Crippen LogP contribution in [0.3, 0.4) is 0 Å². The molecule has 1 aliphatic rings. The molecule has 0 saturated heterocycles. The number of hydrogen-bond acceptors (Lipinski definition) is 1. The maximum absolute atomic E-state index is 13.6. The molecule has 1 aliphatic carbocycles. The normalized spacial score (nSPS) is 27.2. The van der Waals surface area contributed by atoms with Gasteiger partial charge in [-0.3, -0.25) is 4.79 Å². The number of carboxylic acids is 1. The summed E-state index contributed by atoms with van der Waals surface area (Å²) in [4.78, 5) is 11.2. The Morgan fingerprint density at radius 2 is 2.11 bits per heavy atom. The number of rotatable bonds is 3. The molecule has 1 fully saturated rings. The van der Waals surface area contributed by atoms with Crippen molar-refractivity contribution in [3.05, 3.63) is 35.4 Å². The molecular formula is C15H18F2O2. The van der Waals surface area contributed by atoms with Crippen molar-refractivity contribution < 1.29 is 18.7 Å². The summed E-state index contributed by atoms with van der Waals surface area (Å²) in [5.74, 6) is -1.88. The van der Waals surface area contributed by atoms with Crippen LogP contribution < -0.4 is 0 Å². The first-order valence-corrected chi connectivity index (χ1v) is 6.64. The highest BCUT2D eigenvalue weighted by Gasteiger charge is 2.33. The zero-order chi connectivity index (χ0) is 14.0. The first-order chi connectivity index (χ1) is 8.97. The van der Waals surface area contributed by atoms with Crippen LogP contribution in [0.15, 0.2) is 18.2 Å². The number of aliphatic carboxylic acids is 1. The highest BCUT2D eigenvalue weighted by Crippen LogP contribution is 2.36. The molecule has 0 aliphatic heterocycles. The second kappa shape index (κ2) is 5.68. The second-order valence-corrected chi connectivity index (χ2v) is 5.56. The standard InChI is InChI=1S/C15H18F2O2/c1-9-2-4-13(15(18)19)10(6-9)7-11-8-12(16)3-5-14(11)17/h3,5,8-10,13H,2,4,6-7H2,1H3,(H,18,19). The average molecular weight is 268 g/mol. The van der Waals surface area contributed by atoms with E-state index in [1.165, 1.54) is 6.07 Å². The zero-order valence-corrected chi connectivity index (χ0v) is 10.9. The van der Waals surface area contributed by atoms with Gasteiger partial charge < -0.3 is 5.11 Å². The average Bonchev–Trinajstić information content (AvgIpc) is 2.33. The number of benzene rings is 1. The van der Waals surface area contributed by atoms with Crippen molar-refractivity contribution in [3.8, 4) is 0 Å². The van der Waals surface area contributed by atoms with Crippen molar-refractivity contribution in [2.45, 2.75) is 32.6 Å². The van der Waals surface area contributed by atoms with Gasteiger partial charge in [-0.1, -0.05) is 6.92 Å². The van der Waals surface area contributed by atoms with E-state index in [0.29, 0.717) is 18.8 Å². The summed E-state index contributed by atoms with van der Waals surface area (Å²) in [6.07, 6.45) is 2.56. The lowest BCUT2D eigenvalue weighted by atomic mass is 9.72. The highest BCUT2D eigenvalue weighted by atomic mass is 19.1. The molecule has 4 heteroatoms. The molecule has 0 heterocycles. The van der Waals surface area contributed by atoms with Gasteiger partial charge in [0.25, 0.3) is 0 Å². The smallest absolute Gasteiger partial charge is 0.306 e. The second-order valence-electron chi connectivity index (χ2n) is 5.56. The number of halogens is 2. The van der Waals surface area contributed by atoms with Gasteiger partial charge in [0, 0.05) is 0 Å². The Balaban J connectivity index is 2.18. The molecule has 104 valence electrons. The van der Waals surface area contributed by atoms with Crippen LogP contribution in [0.25, 0.3) is 0 Å². The van der Waals surface area contributed by atoms with E-state index in [1.54, 1.807) is 0 Å². The van der Waals surface area contributed by atoms with E-state index in [0.717, 1.165) is 25.0 Å². The minimum Gasteiger partial charge on any atom is -0.481 e. The van der Waals surface area contributed by atoms with Gasteiger partial charge in [0.2, 0.25) is 0 Å². The van der Waals surface area contributed by atoms with Crippen LogP contribution in [0, 0.1) is 29.4 Å². The SMILES string of the molecule is CC1CCC(C(=O)O)C(Cc2cc(F)ccc2F)C1. The highest BCUT2D eigenvalue weighted by molar-refractivity contribution is 5.70. The van der Waals surface area contributed by atoms with Gasteiger partial charge in [0.15, 0.2) is 0 Å². The predicted octanol–water partition coefficient (Wildman–Crippen LogP) is 3.64. The summed E-state index contributed by atoms with van der Waals surface area (Å²) >= 11 is 0. The maximum atomic E-state index is 13.6.